The van der Waals surface area contributed by atoms with Gasteiger partial charge in [0, 0.05) is 36.9 Å². The zero-order chi connectivity index (χ0) is 28.9. The number of anilines is 3. The van der Waals surface area contributed by atoms with Gasteiger partial charge in [-0.2, -0.15) is 5.26 Å². The molecular formula is C37H35N5. The van der Waals surface area contributed by atoms with Gasteiger partial charge in [0.2, 0.25) is 0 Å². The summed E-state index contributed by atoms with van der Waals surface area (Å²) in [5.74, 6) is 0.412. The number of hydrogen-bond acceptors (Lipinski definition) is 5. The second kappa shape index (κ2) is 12.2. The average Bonchev–Trinajstić information content (AvgIpc) is 3.05. The van der Waals surface area contributed by atoms with Crippen molar-refractivity contribution in [1.82, 2.24) is 0 Å². The third-order valence-corrected chi connectivity index (χ3v) is 8.29. The topological polar surface area (TPSA) is 72.2 Å². The van der Waals surface area contributed by atoms with Crippen LogP contribution in [0.4, 0.5) is 22.7 Å². The molecule has 4 aromatic rings. The minimum atomic E-state index is 0.412. The summed E-state index contributed by atoms with van der Waals surface area (Å²) in [5, 5.41) is 20.1. The van der Waals surface area contributed by atoms with Crippen molar-refractivity contribution in [3.63, 3.8) is 0 Å². The predicted molar refractivity (Wildman–Crippen MR) is 176 cm³/mol. The molecule has 0 saturated carbocycles. The van der Waals surface area contributed by atoms with Crippen molar-refractivity contribution in [2.45, 2.75) is 25.7 Å². The van der Waals surface area contributed by atoms with Gasteiger partial charge < -0.3 is 16.0 Å². The van der Waals surface area contributed by atoms with Crippen LogP contribution in [-0.4, -0.2) is 19.8 Å². The minimum absolute atomic E-state index is 0.412. The van der Waals surface area contributed by atoms with Crippen LogP contribution in [0, 0.1) is 17.2 Å². The summed E-state index contributed by atoms with van der Waals surface area (Å²) in [6, 6.07) is 36.2. The Balaban J connectivity index is 1.20. The van der Waals surface area contributed by atoms with Gasteiger partial charge in [0.25, 0.3) is 0 Å². The van der Waals surface area contributed by atoms with E-state index < -0.39 is 0 Å². The maximum atomic E-state index is 10.2. The Morgan fingerprint density at radius 3 is 1.62 bits per heavy atom. The van der Waals surface area contributed by atoms with Gasteiger partial charge >= 0.3 is 0 Å². The Morgan fingerprint density at radius 2 is 1.12 bits per heavy atom. The lowest BCUT2D eigenvalue weighted by molar-refractivity contribution is 0.512. The minimum Gasteiger partial charge on any atom is -0.388 e. The van der Waals surface area contributed by atoms with Crippen molar-refractivity contribution >= 4 is 28.5 Å². The van der Waals surface area contributed by atoms with Gasteiger partial charge in [-0.3, -0.25) is 4.99 Å². The maximum Gasteiger partial charge on any atom is 0.101 e. The fraction of sp³-hybridized carbons (Fsp3) is 0.189. The van der Waals surface area contributed by atoms with Gasteiger partial charge in [0.1, 0.15) is 6.07 Å². The molecule has 5 nitrogen and oxygen atoms in total. The number of allylic oxidation sites excluding steroid dienone is 4. The number of nitrogens with zero attached hydrogens (tertiary/aromatic N) is 2. The highest BCUT2D eigenvalue weighted by molar-refractivity contribution is 6.06. The molecule has 1 atom stereocenters. The fourth-order valence-corrected chi connectivity index (χ4v) is 5.86. The van der Waals surface area contributed by atoms with Gasteiger partial charge in [0.15, 0.2) is 0 Å². The highest BCUT2D eigenvalue weighted by Gasteiger charge is 2.29. The molecule has 208 valence electrons. The number of rotatable bonds is 7. The van der Waals surface area contributed by atoms with Crippen LogP contribution in [0.2, 0.25) is 0 Å². The van der Waals surface area contributed by atoms with Crippen molar-refractivity contribution < 1.29 is 0 Å². The van der Waals surface area contributed by atoms with Crippen LogP contribution in [0.1, 0.15) is 25.7 Å². The zero-order valence-corrected chi connectivity index (χ0v) is 24.1. The molecule has 2 aliphatic rings. The number of hydrogen-bond donors (Lipinski definition) is 3. The number of aliphatic imine (C=N–C) groups is 1. The van der Waals surface area contributed by atoms with E-state index in [2.05, 4.69) is 113 Å². The Morgan fingerprint density at radius 1 is 0.643 bits per heavy atom. The van der Waals surface area contributed by atoms with Gasteiger partial charge in [-0.05, 0) is 114 Å². The first-order chi connectivity index (χ1) is 20.6. The molecule has 0 saturated heterocycles. The van der Waals surface area contributed by atoms with Crippen molar-refractivity contribution in [3.05, 3.63) is 120 Å². The first-order valence-corrected chi connectivity index (χ1v) is 14.6. The molecule has 0 amide bonds. The third-order valence-electron chi connectivity index (χ3n) is 8.29. The smallest absolute Gasteiger partial charge is 0.101 e. The third kappa shape index (κ3) is 5.84. The molecular weight excluding hydrogens is 514 g/mol. The summed E-state index contributed by atoms with van der Waals surface area (Å²) >= 11 is 0. The fourth-order valence-electron chi connectivity index (χ4n) is 5.86. The summed E-state index contributed by atoms with van der Waals surface area (Å²) in [4.78, 5) is 4.95. The Labute approximate surface area is 248 Å². The SMILES string of the molecule is CNc1ccc(-c2ccc(N=C3CCC4CCC(Nc5ccc(-c6ccc(NC)cc6)cc5)=CC4=C3C#N)cc2)cc1. The van der Waals surface area contributed by atoms with E-state index in [-0.39, 0.29) is 0 Å². The lowest BCUT2D eigenvalue weighted by Gasteiger charge is -2.30. The first-order valence-electron chi connectivity index (χ1n) is 14.6. The Hall–Kier alpha value is -5.08. The number of nitriles is 1. The second-order valence-corrected chi connectivity index (χ2v) is 10.8. The van der Waals surface area contributed by atoms with Gasteiger partial charge in [0.05, 0.1) is 17.0 Å². The summed E-state index contributed by atoms with van der Waals surface area (Å²) in [5.41, 5.74) is 12.7. The number of benzene rings is 4. The van der Waals surface area contributed by atoms with Crippen molar-refractivity contribution in [3.8, 4) is 28.3 Å². The molecule has 3 N–H and O–H groups in total. The average molecular weight is 550 g/mol. The standard InChI is InChI=1S/C37H35N5/c1-39-30-13-3-25(4-14-30)27-7-17-32(18-8-27)41-34-21-11-29-12-22-37(36(24-38)35(29)23-34)42-33-19-9-28(10-20-33)26-5-15-31(40-2)16-6-26/h3-10,13-20,23,29,39-41H,11-12,21-22H2,1-2H3. The first kappa shape index (κ1) is 27.1. The molecule has 0 aliphatic heterocycles. The second-order valence-electron chi connectivity index (χ2n) is 10.8. The molecule has 0 fully saturated rings. The van der Waals surface area contributed by atoms with E-state index >= 15 is 0 Å². The highest BCUT2D eigenvalue weighted by atomic mass is 14.9. The zero-order valence-electron chi connectivity index (χ0n) is 24.1. The van der Waals surface area contributed by atoms with E-state index in [0.717, 1.165) is 76.6 Å². The lowest BCUT2D eigenvalue weighted by Crippen LogP contribution is -2.22. The number of nitrogens with one attached hydrogen (secondary N) is 3. The summed E-state index contributed by atoms with van der Waals surface area (Å²) < 4.78 is 0. The summed E-state index contributed by atoms with van der Waals surface area (Å²) in [6.45, 7) is 0. The normalized spacial score (nSPS) is 17.2. The Bertz CT molecular complexity index is 1680. The van der Waals surface area contributed by atoms with Crippen LogP contribution in [0.5, 0.6) is 0 Å². The van der Waals surface area contributed by atoms with E-state index in [9.17, 15) is 5.26 Å². The van der Waals surface area contributed by atoms with Gasteiger partial charge in [-0.1, -0.05) is 48.5 Å². The van der Waals surface area contributed by atoms with E-state index in [1.807, 2.05) is 26.2 Å². The van der Waals surface area contributed by atoms with Crippen LogP contribution in [0.15, 0.2) is 125 Å². The van der Waals surface area contributed by atoms with Gasteiger partial charge in [-0.25, -0.2) is 0 Å². The van der Waals surface area contributed by atoms with Crippen LogP contribution in [-0.2, 0) is 0 Å². The van der Waals surface area contributed by atoms with Gasteiger partial charge in [-0.15, -0.1) is 0 Å². The monoisotopic (exact) mass is 549 g/mol. The molecule has 2 aliphatic carbocycles. The van der Waals surface area contributed by atoms with Crippen LogP contribution >= 0.6 is 0 Å². The molecule has 0 heterocycles. The molecule has 1 unspecified atom stereocenters. The van der Waals surface area contributed by atoms with E-state index in [0.29, 0.717) is 5.92 Å². The quantitative estimate of drug-likeness (QED) is 0.215. The largest absolute Gasteiger partial charge is 0.388 e. The molecule has 4 aromatic carbocycles. The summed E-state index contributed by atoms with van der Waals surface area (Å²) in [6.07, 6.45) is 6.08. The highest BCUT2D eigenvalue weighted by Crippen LogP contribution is 2.39. The predicted octanol–water partition coefficient (Wildman–Crippen LogP) is 9.20. The molecule has 0 aromatic heterocycles. The maximum absolute atomic E-state index is 10.2. The van der Waals surface area contributed by atoms with Crippen molar-refractivity contribution in [2.75, 3.05) is 30.0 Å². The molecule has 42 heavy (non-hydrogen) atoms. The van der Waals surface area contributed by atoms with Crippen molar-refractivity contribution in [1.29, 1.82) is 5.26 Å². The van der Waals surface area contributed by atoms with Crippen molar-refractivity contribution in [2.24, 2.45) is 10.9 Å². The summed E-state index contributed by atoms with van der Waals surface area (Å²) in [7, 11) is 3.85. The van der Waals surface area contributed by atoms with Crippen LogP contribution in [0.3, 0.4) is 0 Å². The van der Waals surface area contributed by atoms with Crippen LogP contribution in [0.25, 0.3) is 22.3 Å². The molecule has 5 heteroatoms. The lowest BCUT2D eigenvalue weighted by atomic mass is 9.76. The number of fused-ring (bicyclic) bond motifs is 1. The van der Waals surface area contributed by atoms with Crippen LogP contribution < -0.4 is 16.0 Å². The molecule has 6 rings (SSSR count). The molecule has 0 spiro atoms. The Kier molecular flexibility index (Phi) is 7.87. The van der Waals surface area contributed by atoms with E-state index in [1.165, 1.54) is 16.7 Å². The molecule has 0 bridgehead atoms. The van der Waals surface area contributed by atoms with E-state index in [1.54, 1.807) is 0 Å². The van der Waals surface area contributed by atoms with E-state index in [4.69, 9.17) is 4.99 Å². The molecule has 0 radical (unpaired) electrons.